The van der Waals surface area contributed by atoms with Crippen LogP contribution in [0.2, 0.25) is 0 Å². The second-order valence-electron chi connectivity index (χ2n) is 12.4. The number of thiazole rings is 1. The second kappa shape index (κ2) is 14.8. The summed E-state index contributed by atoms with van der Waals surface area (Å²) in [5, 5.41) is 4.15. The molecule has 1 aliphatic rings. The van der Waals surface area contributed by atoms with Gasteiger partial charge in [0.1, 0.15) is 18.4 Å². The summed E-state index contributed by atoms with van der Waals surface area (Å²) in [5.41, 5.74) is 3.31. The Hall–Kier alpha value is -5.19. The molecule has 1 aliphatic heterocycles. The molecule has 264 valence electrons. The van der Waals surface area contributed by atoms with Crippen LogP contribution in [0.1, 0.15) is 43.5 Å². The van der Waals surface area contributed by atoms with Crippen LogP contribution < -0.4 is 29.1 Å². The monoisotopic (exact) mass is 775 g/mol. The maximum Gasteiger partial charge on any atom is 0.271 e. The quantitative estimate of drug-likeness (QED) is 0.142. The number of allylic oxidation sites excluding steroid dienone is 1. The number of ether oxygens (including phenoxy) is 3. The molecule has 5 aromatic carbocycles. The van der Waals surface area contributed by atoms with Gasteiger partial charge in [-0.05, 0) is 93.6 Å². The van der Waals surface area contributed by atoms with E-state index in [1.54, 1.807) is 23.7 Å². The van der Waals surface area contributed by atoms with Crippen LogP contribution in [-0.2, 0) is 11.4 Å². The predicted octanol–water partition coefficient (Wildman–Crippen LogP) is 7.77. The van der Waals surface area contributed by atoms with Gasteiger partial charge in [0.2, 0.25) is 0 Å². The zero-order valence-electron chi connectivity index (χ0n) is 29.6. The molecule has 0 aliphatic carbocycles. The first kappa shape index (κ1) is 35.2. The highest BCUT2D eigenvalue weighted by Crippen LogP contribution is 2.41. The molecule has 0 N–H and O–H groups in total. The topological polar surface area (TPSA) is 82.4 Å². The largest absolute Gasteiger partial charge is 0.496 e. The highest BCUT2D eigenvalue weighted by Gasteiger charge is 2.36. The number of likely N-dealkylation sites (N-methyl/N-ethyl adjacent to an activating group) is 1. The lowest BCUT2D eigenvalue weighted by Crippen LogP contribution is -2.43. The summed E-state index contributed by atoms with van der Waals surface area (Å²) in [6, 6.07) is 29.2. The third kappa shape index (κ3) is 6.30. The standard InChI is InChI=1S/C42H38BrN3O5S/c1-6-45(7-2)41(48)36-25(3)44-42-46(38(36)37-31-18-11-9-14-28(31)19-20-33(37)49-4)40(47)35(52-42)23-26-21-32(43)39(34(22-26)50-5)51-24-29-16-12-15-27-13-8-10-17-30(27)29/h8-23,38H,6-7,24H2,1-5H3/b35-23+/t38-/m1/s1. The number of hydrogen-bond acceptors (Lipinski definition) is 7. The van der Waals surface area contributed by atoms with Gasteiger partial charge in [-0.2, -0.15) is 0 Å². The van der Waals surface area contributed by atoms with Gasteiger partial charge in [-0.15, -0.1) is 0 Å². The average Bonchev–Trinajstić information content (AvgIpc) is 3.46. The Morgan fingerprint density at radius 2 is 1.58 bits per heavy atom. The van der Waals surface area contributed by atoms with Crippen LogP contribution >= 0.6 is 27.3 Å². The molecule has 0 unspecified atom stereocenters. The Kier molecular flexibility index (Phi) is 10.0. The third-order valence-corrected chi connectivity index (χ3v) is 11.1. The molecule has 0 fully saturated rings. The Morgan fingerprint density at radius 1 is 0.904 bits per heavy atom. The lowest BCUT2D eigenvalue weighted by molar-refractivity contribution is -0.127. The average molecular weight is 777 g/mol. The number of methoxy groups -OCH3 is 2. The van der Waals surface area contributed by atoms with Gasteiger partial charge in [0.15, 0.2) is 16.3 Å². The van der Waals surface area contributed by atoms with E-state index in [1.165, 1.54) is 11.3 Å². The first-order chi connectivity index (χ1) is 25.3. The number of aromatic nitrogens is 1. The molecular weight excluding hydrogens is 738 g/mol. The van der Waals surface area contributed by atoms with E-state index in [-0.39, 0.29) is 11.5 Å². The van der Waals surface area contributed by atoms with Crippen molar-refractivity contribution in [2.45, 2.75) is 33.4 Å². The number of fused-ring (bicyclic) bond motifs is 3. The van der Waals surface area contributed by atoms with Crippen molar-refractivity contribution >= 4 is 60.8 Å². The molecule has 52 heavy (non-hydrogen) atoms. The summed E-state index contributed by atoms with van der Waals surface area (Å²) in [4.78, 5) is 36.0. The van der Waals surface area contributed by atoms with Crippen molar-refractivity contribution in [3.05, 3.63) is 143 Å². The summed E-state index contributed by atoms with van der Waals surface area (Å²) in [6.07, 6.45) is 1.83. The molecular formula is C42H38BrN3O5S. The minimum atomic E-state index is -0.765. The fourth-order valence-corrected chi connectivity index (χ4v) is 8.59. The van der Waals surface area contributed by atoms with Crippen LogP contribution in [0.4, 0.5) is 0 Å². The fourth-order valence-electron chi connectivity index (χ4n) is 6.97. The highest BCUT2D eigenvalue weighted by atomic mass is 79.9. The van der Waals surface area contributed by atoms with Crippen LogP contribution in [0.25, 0.3) is 27.6 Å². The van der Waals surface area contributed by atoms with Gasteiger partial charge >= 0.3 is 0 Å². The van der Waals surface area contributed by atoms with Gasteiger partial charge in [0.25, 0.3) is 11.5 Å². The Balaban J connectivity index is 1.35. The number of rotatable bonds is 10. The molecule has 0 saturated carbocycles. The van der Waals surface area contributed by atoms with Crippen LogP contribution in [0, 0.1) is 0 Å². The number of halogens is 1. The molecule has 0 saturated heterocycles. The van der Waals surface area contributed by atoms with E-state index in [4.69, 9.17) is 19.2 Å². The van der Waals surface area contributed by atoms with Gasteiger partial charge in [0.05, 0.1) is 34.5 Å². The third-order valence-electron chi connectivity index (χ3n) is 9.53. The van der Waals surface area contributed by atoms with Gasteiger partial charge in [-0.3, -0.25) is 14.2 Å². The van der Waals surface area contributed by atoms with Crippen LogP contribution in [0.5, 0.6) is 17.2 Å². The maximum atomic E-state index is 14.6. The van der Waals surface area contributed by atoms with Crippen LogP contribution in [-0.4, -0.2) is 42.7 Å². The number of carbonyl (C=O) groups is 1. The number of benzene rings is 5. The van der Waals surface area contributed by atoms with Gasteiger partial charge in [-0.25, -0.2) is 4.99 Å². The molecule has 0 radical (unpaired) electrons. The highest BCUT2D eigenvalue weighted by molar-refractivity contribution is 9.10. The van der Waals surface area contributed by atoms with E-state index in [0.29, 0.717) is 62.0 Å². The molecule has 10 heteroatoms. The number of carbonyl (C=O) groups excluding carboxylic acids is 1. The fraction of sp³-hybridized carbons (Fsp3) is 0.214. The summed E-state index contributed by atoms with van der Waals surface area (Å²) in [7, 11) is 3.21. The predicted molar refractivity (Wildman–Crippen MR) is 211 cm³/mol. The summed E-state index contributed by atoms with van der Waals surface area (Å²) >= 11 is 4.99. The molecule has 0 spiro atoms. The molecule has 1 aromatic heterocycles. The van der Waals surface area contributed by atoms with Crippen molar-refractivity contribution in [1.29, 1.82) is 0 Å². The number of hydrogen-bond donors (Lipinski definition) is 0. The molecule has 1 atom stereocenters. The van der Waals surface area contributed by atoms with E-state index < -0.39 is 6.04 Å². The minimum Gasteiger partial charge on any atom is -0.496 e. The van der Waals surface area contributed by atoms with Crippen molar-refractivity contribution in [2.75, 3.05) is 27.3 Å². The van der Waals surface area contributed by atoms with E-state index >= 15 is 0 Å². The summed E-state index contributed by atoms with van der Waals surface area (Å²) < 4.78 is 20.9. The van der Waals surface area contributed by atoms with Gasteiger partial charge < -0.3 is 19.1 Å². The summed E-state index contributed by atoms with van der Waals surface area (Å²) in [6.45, 7) is 7.14. The smallest absolute Gasteiger partial charge is 0.271 e. The van der Waals surface area contributed by atoms with Crippen molar-refractivity contribution in [1.82, 2.24) is 9.47 Å². The van der Waals surface area contributed by atoms with E-state index in [2.05, 4.69) is 40.2 Å². The van der Waals surface area contributed by atoms with E-state index in [9.17, 15) is 9.59 Å². The Bertz CT molecular complexity index is 2560. The molecule has 0 bridgehead atoms. The van der Waals surface area contributed by atoms with Crippen LogP contribution in [0.15, 0.2) is 117 Å². The Morgan fingerprint density at radius 3 is 2.29 bits per heavy atom. The van der Waals surface area contributed by atoms with E-state index in [0.717, 1.165) is 38.2 Å². The molecule has 2 heterocycles. The van der Waals surface area contributed by atoms with Crippen molar-refractivity contribution in [3.63, 3.8) is 0 Å². The number of nitrogens with zero attached hydrogens (tertiary/aromatic N) is 3. The molecule has 1 amide bonds. The van der Waals surface area contributed by atoms with Crippen molar-refractivity contribution < 1.29 is 19.0 Å². The maximum absolute atomic E-state index is 14.6. The number of amides is 1. The zero-order chi connectivity index (χ0) is 36.5. The van der Waals surface area contributed by atoms with Crippen molar-refractivity contribution in [2.24, 2.45) is 4.99 Å². The SMILES string of the molecule is CCN(CC)C(=O)C1=C(C)N=c2s/c(=C/c3cc(Br)c(OCc4cccc5ccccc45)c(OC)c3)c(=O)n2[C@H]1c1c(OC)ccc2ccccc12. The minimum absolute atomic E-state index is 0.159. The van der Waals surface area contributed by atoms with Gasteiger partial charge in [-0.1, -0.05) is 84.1 Å². The Labute approximate surface area is 314 Å². The van der Waals surface area contributed by atoms with Crippen molar-refractivity contribution in [3.8, 4) is 17.2 Å². The molecule has 7 rings (SSSR count). The van der Waals surface area contributed by atoms with Crippen LogP contribution in [0.3, 0.4) is 0 Å². The molecule has 6 aromatic rings. The first-order valence-corrected chi connectivity index (χ1v) is 18.7. The second-order valence-corrected chi connectivity index (χ2v) is 14.3. The summed E-state index contributed by atoms with van der Waals surface area (Å²) in [5.74, 6) is 1.51. The zero-order valence-corrected chi connectivity index (χ0v) is 32.0. The van der Waals surface area contributed by atoms with E-state index in [1.807, 2.05) is 93.6 Å². The lowest BCUT2D eigenvalue weighted by Gasteiger charge is -2.30. The van der Waals surface area contributed by atoms with Gasteiger partial charge in [0, 0.05) is 18.7 Å². The molecule has 8 nitrogen and oxygen atoms in total. The lowest BCUT2D eigenvalue weighted by atomic mass is 9.90. The normalized spacial score (nSPS) is 14.3. The first-order valence-electron chi connectivity index (χ1n) is 17.1.